The molecule has 0 saturated carbocycles. The van der Waals surface area contributed by atoms with E-state index in [0.29, 0.717) is 35.8 Å². The maximum absolute atomic E-state index is 12.8. The standard InChI is InChI=1S/C24H26ClN3O2/c1-16-10-17(2)12-19(11-16)22-14-24(3,4)28(27-22)23(29)6-5-9-30-20-8-7-18(15-26)21(25)13-20/h7-8,10-13H,5-6,9,14H2,1-4H3. The van der Waals surface area contributed by atoms with Crippen molar-refractivity contribution in [1.29, 1.82) is 5.26 Å². The average molecular weight is 424 g/mol. The van der Waals surface area contributed by atoms with Gasteiger partial charge < -0.3 is 4.74 Å². The Morgan fingerprint density at radius 2 is 1.93 bits per heavy atom. The molecular weight excluding hydrogens is 398 g/mol. The molecule has 0 spiro atoms. The minimum absolute atomic E-state index is 0.0131. The van der Waals surface area contributed by atoms with Crippen molar-refractivity contribution < 1.29 is 9.53 Å². The first-order valence-corrected chi connectivity index (χ1v) is 10.4. The fourth-order valence-electron chi connectivity index (χ4n) is 3.67. The Labute approximate surface area is 182 Å². The van der Waals surface area contributed by atoms with Crippen LogP contribution in [0, 0.1) is 25.2 Å². The molecule has 1 aliphatic rings. The van der Waals surface area contributed by atoms with Gasteiger partial charge in [-0.15, -0.1) is 0 Å². The SMILES string of the molecule is Cc1cc(C)cc(C2=NN(C(=O)CCCOc3ccc(C#N)c(Cl)c3)C(C)(C)C2)c1. The van der Waals surface area contributed by atoms with E-state index < -0.39 is 0 Å². The zero-order valence-corrected chi connectivity index (χ0v) is 18.6. The van der Waals surface area contributed by atoms with Gasteiger partial charge in [-0.3, -0.25) is 4.79 Å². The molecule has 0 N–H and O–H groups in total. The Morgan fingerprint density at radius 1 is 1.23 bits per heavy atom. The second kappa shape index (κ2) is 8.89. The minimum Gasteiger partial charge on any atom is -0.494 e. The van der Waals surface area contributed by atoms with Gasteiger partial charge in [0, 0.05) is 18.9 Å². The Morgan fingerprint density at radius 3 is 2.57 bits per heavy atom. The number of nitrogens with zero attached hydrogens (tertiary/aromatic N) is 3. The first-order chi connectivity index (χ1) is 14.2. The fourth-order valence-corrected chi connectivity index (χ4v) is 3.88. The number of benzene rings is 2. The summed E-state index contributed by atoms with van der Waals surface area (Å²) in [5, 5.41) is 15.6. The number of halogens is 1. The summed E-state index contributed by atoms with van der Waals surface area (Å²) in [6.07, 6.45) is 1.64. The zero-order valence-electron chi connectivity index (χ0n) is 17.8. The molecule has 0 aliphatic carbocycles. The number of hydrogen-bond acceptors (Lipinski definition) is 4. The summed E-state index contributed by atoms with van der Waals surface area (Å²) in [6, 6.07) is 13.3. The van der Waals surface area contributed by atoms with E-state index in [4.69, 9.17) is 21.6 Å². The smallest absolute Gasteiger partial charge is 0.243 e. The maximum Gasteiger partial charge on any atom is 0.243 e. The van der Waals surface area contributed by atoms with Gasteiger partial charge in [0.25, 0.3) is 0 Å². The van der Waals surface area contributed by atoms with Gasteiger partial charge in [0.1, 0.15) is 11.8 Å². The summed E-state index contributed by atoms with van der Waals surface area (Å²) in [7, 11) is 0. The van der Waals surface area contributed by atoms with Crippen molar-refractivity contribution in [3.63, 3.8) is 0 Å². The highest BCUT2D eigenvalue weighted by atomic mass is 35.5. The first kappa shape index (κ1) is 21.9. The highest BCUT2D eigenvalue weighted by Crippen LogP contribution is 2.31. The normalized spacial score (nSPS) is 14.9. The van der Waals surface area contributed by atoms with E-state index >= 15 is 0 Å². The molecule has 0 bridgehead atoms. The van der Waals surface area contributed by atoms with Crippen molar-refractivity contribution >= 4 is 23.2 Å². The number of ether oxygens (including phenoxy) is 1. The van der Waals surface area contributed by atoms with E-state index in [1.165, 1.54) is 11.1 Å². The van der Waals surface area contributed by atoms with Crippen LogP contribution in [0.25, 0.3) is 0 Å². The van der Waals surface area contributed by atoms with Gasteiger partial charge in [-0.1, -0.05) is 40.9 Å². The molecule has 0 fully saturated rings. The summed E-state index contributed by atoms with van der Waals surface area (Å²) in [6.45, 7) is 8.61. The predicted molar refractivity (Wildman–Crippen MR) is 119 cm³/mol. The Kier molecular flexibility index (Phi) is 6.48. The number of nitriles is 1. The molecule has 5 nitrogen and oxygen atoms in total. The lowest BCUT2D eigenvalue weighted by molar-refractivity contribution is -0.135. The van der Waals surface area contributed by atoms with Crippen molar-refractivity contribution in [2.45, 2.75) is 52.5 Å². The summed E-state index contributed by atoms with van der Waals surface area (Å²) in [4.78, 5) is 12.8. The number of amides is 1. The van der Waals surface area contributed by atoms with E-state index in [2.05, 4.69) is 37.1 Å². The molecule has 30 heavy (non-hydrogen) atoms. The molecule has 3 rings (SSSR count). The topological polar surface area (TPSA) is 65.7 Å². The second-order valence-electron chi connectivity index (χ2n) is 8.32. The van der Waals surface area contributed by atoms with Crippen molar-refractivity contribution in [2.75, 3.05) is 6.61 Å². The van der Waals surface area contributed by atoms with Gasteiger partial charge >= 0.3 is 0 Å². The van der Waals surface area contributed by atoms with E-state index in [0.717, 1.165) is 17.7 Å². The molecule has 1 heterocycles. The predicted octanol–water partition coefficient (Wildman–Crippen LogP) is 5.40. The van der Waals surface area contributed by atoms with Gasteiger partial charge in [0.15, 0.2) is 0 Å². The van der Waals surface area contributed by atoms with Crippen molar-refractivity contribution in [2.24, 2.45) is 5.10 Å². The number of hydrazone groups is 1. The lowest BCUT2D eigenvalue weighted by Crippen LogP contribution is -2.40. The number of carbonyl (C=O) groups excluding carboxylic acids is 1. The largest absolute Gasteiger partial charge is 0.494 e. The van der Waals surface area contributed by atoms with Gasteiger partial charge in [-0.2, -0.15) is 10.4 Å². The van der Waals surface area contributed by atoms with Crippen LogP contribution in [0.1, 0.15) is 55.4 Å². The fraction of sp³-hybridized carbons (Fsp3) is 0.375. The highest BCUT2D eigenvalue weighted by Gasteiger charge is 2.38. The lowest BCUT2D eigenvalue weighted by atomic mass is 9.93. The van der Waals surface area contributed by atoms with Crippen LogP contribution in [0.3, 0.4) is 0 Å². The lowest BCUT2D eigenvalue weighted by Gasteiger charge is -2.28. The Hall–Kier alpha value is -2.84. The third kappa shape index (κ3) is 5.01. The van der Waals surface area contributed by atoms with Crippen LogP contribution < -0.4 is 4.74 Å². The Balaban J connectivity index is 1.59. The molecule has 2 aromatic carbocycles. The highest BCUT2D eigenvalue weighted by molar-refractivity contribution is 6.31. The summed E-state index contributed by atoms with van der Waals surface area (Å²) < 4.78 is 5.67. The first-order valence-electron chi connectivity index (χ1n) is 10.0. The van der Waals surface area contributed by atoms with E-state index in [9.17, 15) is 4.79 Å². The van der Waals surface area contributed by atoms with E-state index in [1.54, 1.807) is 23.2 Å². The van der Waals surface area contributed by atoms with Gasteiger partial charge in [0.2, 0.25) is 5.91 Å². The number of rotatable bonds is 6. The molecule has 6 heteroatoms. The van der Waals surface area contributed by atoms with E-state index in [-0.39, 0.29) is 11.4 Å². The van der Waals surface area contributed by atoms with Crippen LogP contribution in [0.5, 0.6) is 5.75 Å². The van der Waals surface area contributed by atoms with E-state index in [1.807, 2.05) is 19.9 Å². The molecule has 0 saturated heterocycles. The molecule has 0 aromatic heterocycles. The zero-order chi connectivity index (χ0) is 21.9. The molecular formula is C24H26ClN3O2. The number of hydrogen-bond donors (Lipinski definition) is 0. The van der Waals surface area contributed by atoms with Crippen LogP contribution in [0.4, 0.5) is 0 Å². The monoisotopic (exact) mass is 423 g/mol. The van der Waals surface area contributed by atoms with Crippen molar-refractivity contribution in [1.82, 2.24) is 5.01 Å². The van der Waals surface area contributed by atoms with Crippen LogP contribution >= 0.6 is 11.6 Å². The van der Waals surface area contributed by atoms with Gasteiger partial charge in [0.05, 0.1) is 28.4 Å². The van der Waals surface area contributed by atoms with Crippen LogP contribution in [0.2, 0.25) is 5.02 Å². The van der Waals surface area contributed by atoms with Crippen LogP contribution in [-0.4, -0.2) is 28.8 Å². The molecule has 156 valence electrons. The molecule has 0 unspecified atom stereocenters. The quantitative estimate of drug-likeness (QED) is 0.584. The van der Waals surface area contributed by atoms with Crippen LogP contribution in [-0.2, 0) is 4.79 Å². The molecule has 2 aromatic rings. The molecule has 1 amide bonds. The third-order valence-corrected chi connectivity index (χ3v) is 5.36. The van der Waals surface area contributed by atoms with Crippen LogP contribution in [0.15, 0.2) is 41.5 Å². The Bertz CT molecular complexity index is 1020. The molecule has 1 aliphatic heterocycles. The maximum atomic E-state index is 12.8. The van der Waals surface area contributed by atoms with Gasteiger partial charge in [-0.25, -0.2) is 5.01 Å². The number of aryl methyl sites for hydroxylation is 2. The van der Waals surface area contributed by atoms with Gasteiger partial charge in [-0.05, 0) is 51.8 Å². The summed E-state index contributed by atoms with van der Waals surface area (Å²) in [5.41, 5.74) is 4.46. The summed E-state index contributed by atoms with van der Waals surface area (Å²) >= 11 is 6.02. The minimum atomic E-state index is -0.356. The van der Waals surface area contributed by atoms with Crippen molar-refractivity contribution in [3.8, 4) is 11.8 Å². The molecule has 0 atom stereocenters. The third-order valence-electron chi connectivity index (χ3n) is 5.05. The summed E-state index contributed by atoms with van der Waals surface area (Å²) in [5.74, 6) is 0.573. The second-order valence-corrected chi connectivity index (χ2v) is 8.73. The molecule has 0 radical (unpaired) electrons. The van der Waals surface area contributed by atoms with Crippen molar-refractivity contribution in [3.05, 3.63) is 63.7 Å². The average Bonchev–Trinajstić information content (AvgIpc) is 3.00. The number of carbonyl (C=O) groups is 1.